The van der Waals surface area contributed by atoms with Crippen molar-refractivity contribution in [1.82, 2.24) is 5.32 Å². The van der Waals surface area contributed by atoms with E-state index in [1.807, 2.05) is 6.92 Å². The van der Waals surface area contributed by atoms with Crippen LogP contribution in [0, 0.1) is 5.92 Å². The molecule has 20 heavy (non-hydrogen) atoms. The molecule has 110 valence electrons. The molecule has 1 aromatic carbocycles. The summed E-state index contributed by atoms with van der Waals surface area (Å²) in [5.74, 6) is -1.19. The fraction of sp³-hybridized carbons (Fsp3) is 0.429. The Kier molecular flexibility index (Phi) is 5.37. The van der Waals surface area contributed by atoms with Gasteiger partial charge in [-0.25, -0.2) is 4.79 Å². The summed E-state index contributed by atoms with van der Waals surface area (Å²) >= 11 is 0. The summed E-state index contributed by atoms with van der Waals surface area (Å²) in [6.07, 6.45) is 0.648. The van der Waals surface area contributed by atoms with E-state index in [0.29, 0.717) is 12.2 Å². The monoisotopic (exact) mass is 280 g/mol. The van der Waals surface area contributed by atoms with Crippen LogP contribution in [-0.2, 0) is 4.79 Å². The second kappa shape index (κ2) is 6.79. The summed E-state index contributed by atoms with van der Waals surface area (Å²) in [4.78, 5) is 23.3. The van der Waals surface area contributed by atoms with Gasteiger partial charge in [-0.1, -0.05) is 20.3 Å². The lowest BCUT2D eigenvalue weighted by molar-refractivity contribution is -0.140. The number of anilines is 1. The van der Waals surface area contributed by atoms with Gasteiger partial charge in [-0.15, -0.1) is 0 Å². The predicted molar refractivity (Wildman–Crippen MR) is 75.8 cm³/mol. The van der Waals surface area contributed by atoms with Gasteiger partial charge in [-0.2, -0.15) is 0 Å². The van der Waals surface area contributed by atoms with E-state index in [2.05, 4.69) is 5.32 Å². The van der Waals surface area contributed by atoms with Gasteiger partial charge in [0, 0.05) is 11.8 Å². The SMILES string of the molecule is CCC(C)[C@H](NC(=O)c1ccc(OC)cc1N)C(=O)O. The van der Waals surface area contributed by atoms with Gasteiger partial charge in [-0.3, -0.25) is 4.79 Å². The molecule has 0 bridgehead atoms. The van der Waals surface area contributed by atoms with Gasteiger partial charge >= 0.3 is 5.97 Å². The fourth-order valence-electron chi connectivity index (χ4n) is 1.78. The molecule has 2 atom stereocenters. The van der Waals surface area contributed by atoms with Crippen molar-refractivity contribution in [2.75, 3.05) is 12.8 Å². The number of aliphatic carboxylic acids is 1. The Bertz CT molecular complexity index is 502. The van der Waals surface area contributed by atoms with E-state index < -0.39 is 17.9 Å². The van der Waals surface area contributed by atoms with Gasteiger partial charge in [0.2, 0.25) is 0 Å². The average Bonchev–Trinajstić information content (AvgIpc) is 2.43. The minimum Gasteiger partial charge on any atom is -0.497 e. The highest BCUT2D eigenvalue weighted by atomic mass is 16.5. The molecule has 4 N–H and O–H groups in total. The normalized spacial score (nSPS) is 13.3. The molecular weight excluding hydrogens is 260 g/mol. The maximum atomic E-state index is 12.1. The van der Waals surface area contributed by atoms with Crippen LogP contribution >= 0.6 is 0 Å². The lowest BCUT2D eigenvalue weighted by Gasteiger charge is -2.20. The van der Waals surface area contributed by atoms with Crippen LogP contribution in [-0.4, -0.2) is 30.1 Å². The van der Waals surface area contributed by atoms with E-state index in [0.717, 1.165) is 0 Å². The smallest absolute Gasteiger partial charge is 0.326 e. The third-order valence-corrected chi connectivity index (χ3v) is 3.27. The molecule has 0 aromatic heterocycles. The highest BCUT2D eigenvalue weighted by Gasteiger charge is 2.26. The van der Waals surface area contributed by atoms with E-state index >= 15 is 0 Å². The summed E-state index contributed by atoms with van der Waals surface area (Å²) in [6, 6.07) is 3.70. The Morgan fingerprint density at radius 3 is 2.55 bits per heavy atom. The van der Waals surface area contributed by atoms with Gasteiger partial charge in [-0.05, 0) is 18.1 Å². The number of carbonyl (C=O) groups is 2. The summed E-state index contributed by atoms with van der Waals surface area (Å²) in [6.45, 7) is 3.64. The number of benzene rings is 1. The van der Waals surface area contributed by atoms with E-state index in [4.69, 9.17) is 15.6 Å². The molecule has 0 heterocycles. The Balaban J connectivity index is 2.92. The first kappa shape index (κ1) is 15.8. The maximum Gasteiger partial charge on any atom is 0.326 e. The van der Waals surface area contributed by atoms with Crippen LogP contribution in [0.25, 0.3) is 0 Å². The van der Waals surface area contributed by atoms with Gasteiger partial charge in [0.1, 0.15) is 11.8 Å². The van der Waals surface area contributed by atoms with Crippen molar-refractivity contribution < 1.29 is 19.4 Å². The Morgan fingerprint density at radius 1 is 1.45 bits per heavy atom. The van der Waals surface area contributed by atoms with Crippen LogP contribution in [0.15, 0.2) is 18.2 Å². The molecule has 0 saturated heterocycles. The number of nitrogens with one attached hydrogen (secondary N) is 1. The average molecular weight is 280 g/mol. The summed E-state index contributed by atoms with van der Waals surface area (Å²) in [5, 5.41) is 11.7. The first-order valence-corrected chi connectivity index (χ1v) is 6.37. The molecule has 1 rings (SSSR count). The summed E-state index contributed by atoms with van der Waals surface area (Å²) in [5.41, 5.74) is 6.25. The molecule has 1 aromatic rings. The van der Waals surface area contributed by atoms with Crippen LogP contribution in [0.2, 0.25) is 0 Å². The quantitative estimate of drug-likeness (QED) is 0.685. The molecule has 0 aliphatic heterocycles. The second-order valence-corrected chi connectivity index (χ2v) is 4.63. The van der Waals surface area contributed by atoms with Crippen LogP contribution in [0.5, 0.6) is 5.75 Å². The lowest BCUT2D eigenvalue weighted by atomic mass is 9.99. The highest BCUT2D eigenvalue weighted by molar-refractivity contribution is 6.01. The van der Waals surface area contributed by atoms with Crippen LogP contribution in [0.3, 0.4) is 0 Å². The largest absolute Gasteiger partial charge is 0.497 e. The minimum absolute atomic E-state index is 0.170. The van der Waals surface area contributed by atoms with Crippen molar-refractivity contribution in [3.63, 3.8) is 0 Å². The zero-order valence-corrected chi connectivity index (χ0v) is 11.8. The van der Waals surface area contributed by atoms with E-state index in [1.165, 1.54) is 19.2 Å². The summed E-state index contributed by atoms with van der Waals surface area (Å²) < 4.78 is 5.00. The number of hydrogen-bond acceptors (Lipinski definition) is 4. The Hall–Kier alpha value is -2.24. The maximum absolute atomic E-state index is 12.1. The van der Waals surface area contributed by atoms with Crippen molar-refractivity contribution in [3.05, 3.63) is 23.8 Å². The molecule has 6 heteroatoms. The van der Waals surface area contributed by atoms with E-state index in [9.17, 15) is 9.59 Å². The predicted octanol–water partition coefficient (Wildman–Crippen LogP) is 1.51. The zero-order chi connectivity index (χ0) is 15.3. The summed E-state index contributed by atoms with van der Waals surface area (Å²) in [7, 11) is 1.50. The number of carbonyl (C=O) groups excluding carboxylic acids is 1. The zero-order valence-electron chi connectivity index (χ0n) is 11.8. The van der Waals surface area contributed by atoms with Crippen molar-refractivity contribution in [2.45, 2.75) is 26.3 Å². The molecule has 0 saturated carbocycles. The number of methoxy groups -OCH3 is 1. The van der Waals surface area contributed by atoms with Crippen molar-refractivity contribution in [3.8, 4) is 5.75 Å². The molecular formula is C14H20N2O4. The number of amides is 1. The number of carboxylic acids is 1. The molecule has 0 spiro atoms. The number of rotatable bonds is 6. The number of nitrogen functional groups attached to an aromatic ring is 1. The number of nitrogens with two attached hydrogens (primary N) is 1. The van der Waals surface area contributed by atoms with Gasteiger partial charge in [0.25, 0.3) is 5.91 Å². The van der Waals surface area contributed by atoms with Gasteiger partial charge < -0.3 is 20.9 Å². The standard InChI is InChI=1S/C14H20N2O4/c1-4-8(2)12(14(18)19)16-13(17)10-6-5-9(20-3)7-11(10)15/h5-8,12H,4,15H2,1-3H3,(H,16,17)(H,18,19)/t8?,12-/m0/s1. The lowest BCUT2D eigenvalue weighted by Crippen LogP contribution is -2.45. The third-order valence-electron chi connectivity index (χ3n) is 3.27. The van der Waals surface area contributed by atoms with Gasteiger partial charge in [0.15, 0.2) is 0 Å². The van der Waals surface area contributed by atoms with Crippen LogP contribution in [0.1, 0.15) is 30.6 Å². The Labute approximate surface area is 117 Å². The van der Waals surface area contributed by atoms with Crippen molar-refractivity contribution in [1.29, 1.82) is 0 Å². The van der Waals surface area contributed by atoms with Crippen molar-refractivity contribution in [2.24, 2.45) is 5.92 Å². The first-order chi connectivity index (χ1) is 9.40. The number of ether oxygens (including phenoxy) is 1. The molecule has 0 fully saturated rings. The van der Waals surface area contributed by atoms with E-state index in [-0.39, 0.29) is 17.2 Å². The topological polar surface area (TPSA) is 102 Å². The number of carboxylic acid groups (broad SMARTS) is 1. The van der Waals surface area contributed by atoms with Crippen LogP contribution in [0.4, 0.5) is 5.69 Å². The van der Waals surface area contributed by atoms with Gasteiger partial charge in [0.05, 0.1) is 12.7 Å². The fourth-order valence-corrected chi connectivity index (χ4v) is 1.78. The minimum atomic E-state index is -1.06. The molecule has 1 amide bonds. The van der Waals surface area contributed by atoms with Crippen LogP contribution < -0.4 is 15.8 Å². The highest BCUT2D eigenvalue weighted by Crippen LogP contribution is 2.20. The van der Waals surface area contributed by atoms with E-state index in [1.54, 1.807) is 13.0 Å². The second-order valence-electron chi connectivity index (χ2n) is 4.63. The third kappa shape index (κ3) is 3.63. The Morgan fingerprint density at radius 2 is 2.10 bits per heavy atom. The molecule has 0 aliphatic carbocycles. The molecule has 1 unspecified atom stereocenters. The molecule has 0 radical (unpaired) electrons. The van der Waals surface area contributed by atoms with Crippen molar-refractivity contribution >= 4 is 17.6 Å². The number of hydrogen-bond donors (Lipinski definition) is 3. The molecule has 0 aliphatic rings. The first-order valence-electron chi connectivity index (χ1n) is 6.37. The molecule has 6 nitrogen and oxygen atoms in total.